The van der Waals surface area contributed by atoms with Gasteiger partial charge in [-0.25, -0.2) is 0 Å². The summed E-state index contributed by atoms with van der Waals surface area (Å²) in [5, 5.41) is 5.19. The van der Waals surface area contributed by atoms with Gasteiger partial charge in [0.1, 0.15) is 0 Å². The Morgan fingerprint density at radius 3 is 2.80 bits per heavy atom. The van der Waals surface area contributed by atoms with Gasteiger partial charge in [0.05, 0.1) is 20.9 Å². The van der Waals surface area contributed by atoms with Gasteiger partial charge in [0, 0.05) is 31.4 Å². The molecule has 2 rings (SSSR count). The first-order chi connectivity index (χ1) is 9.58. The Labute approximate surface area is 132 Å². The zero-order valence-corrected chi connectivity index (χ0v) is 13.9. The molecule has 2 heterocycles. The highest BCUT2D eigenvalue weighted by molar-refractivity contribution is 9.10. The normalized spacial score (nSPS) is 12.7. The van der Waals surface area contributed by atoms with E-state index in [-0.39, 0.29) is 6.04 Å². The maximum absolute atomic E-state index is 6.30. The number of halogens is 2. The molecule has 1 atom stereocenters. The largest absolute Gasteiger partial charge is 0.324 e. The maximum Gasteiger partial charge on any atom is 0.0766 e. The van der Waals surface area contributed by atoms with Crippen LogP contribution in [-0.4, -0.2) is 14.8 Å². The fourth-order valence-corrected chi connectivity index (χ4v) is 3.20. The van der Waals surface area contributed by atoms with Gasteiger partial charge >= 0.3 is 0 Å². The highest BCUT2D eigenvalue weighted by Gasteiger charge is 2.18. The van der Waals surface area contributed by atoms with Crippen molar-refractivity contribution in [3.63, 3.8) is 0 Å². The summed E-state index contributed by atoms with van der Waals surface area (Å²) in [6.07, 6.45) is 4.92. The highest BCUT2D eigenvalue weighted by Crippen LogP contribution is 2.28. The van der Waals surface area contributed by atoms with Crippen LogP contribution in [-0.2, 0) is 19.4 Å². The Balaban J connectivity index is 2.30. The van der Waals surface area contributed by atoms with Crippen molar-refractivity contribution in [3.8, 4) is 0 Å². The van der Waals surface area contributed by atoms with Crippen molar-refractivity contribution < 1.29 is 0 Å². The fourth-order valence-electron chi connectivity index (χ4n) is 2.22. The van der Waals surface area contributed by atoms with Crippen LogP contribution in [0.2, 0.25) is 5.02 Å². The second kappa shape index (κ2) is 6.70. The number of hydrogen-bond donors (Lipinski definition) is 1. The SMILES string of the molecule is CCc1nn(CC)c(CC(N)c2ccncc2Cl)c1Br. The van der Waals surface area contributed by atoms with Gasteiger partial charge in [0.25, 0.3) is 0 Å². The van der Waals surface area contributed by atoms with Gasteiger partial charge in [-0.2, -0.15) is 5.10 Å². The molecular weight excluding hydrogens is 340 g/mol. The number of nitrogens with two attached hydrogens (primary N) is 1. The molecule has 0 saturated heterocycles. The average molecular weight is 358 g/mol. The summed E-state index contributed by atoms with van der Waals surface area (Å²) < 4.78 is 3.06. The van der Waals surface area contributed by atoms with Gasteiger partial charge in [-0.1, -0.05) is 18.5 Å². The Hall–Kier alpha value is -0.910. The van der Waals surface area contributed by atoms with Crippen molar-refractivity contribution >= 4 is 27.5 Å². The first-order valence-electron chi connectivity index (χ1n) is 6.67. The Morgan fingerprint density at radius 1 is 1.45 bits per heavy atom. The van der Waals surface area contributed by atoms with Crippen LogP contribution < -0.4 is 5.73 Å². The summed E-state index contributed by atoms with van der Waals surface area (Å²) in [5.41, 5.74) is 9.39. The second-order valence-electron chi connectivity index (χ2n) is 4.58. The van der Waals surface area contributed by atoms with Crippen LogP contribution in [0, 0.1) is 0 Å². The topological polar surface area (TPSA) is 56.7 Å². The lowest BCUT2D eigenvalue weighted by molar-refractivity contribution is 0.584. The van der Waals surface area contributed by atoms with Gasteiger partial charge in [0.15, 0.2) is 0 Å². The lowest BCUT2D eigenvalue weighted by Gasteiger charge is -2.14. The van der Waals surface area contributed by atoms with E-state index < -0.39 is 0 Å². The van der Waals surface area contributed by atoms with Crippen LogP contribution >= 0.6 is 27.5 Å². The molecule has 0 amide bonds. The minimum Gasteiger partial charge on any atom is -0.324 e. The van der Waals surface area contributed by atoms with E-state index in [1.807, 2.05) is 10.7 Å². The van der Waals surface area contributed by atoms with E-state index in [9.17, 15) is 0 Å². The van der Waals surface area contributed by atoms with Crippen molar-refractivity contribution in [3.05, 3.63) is 44.9 Å². The van der Waals surface area contributed by atoms with E-state index in [4.69, 9.17) is 17.3 Å². The van der Waals surface area contributed by atoms with E-state index in [0.717, 1.165) is 34.4 Å². The fraction of sp³-hybridized carbons (Fsp3) is 0.429. The van der Waals surface area contributed by atoms with Crippen molar-refractivity contribution in [1.82, 2.24) is 14.8 Å². The van der Waals surface area contributed by atoms with Gasteiger partial charge in [-0.05, 0) is 40.9 Å². The van der Waals surface area contributed by atoms with E-state index in [1.54, 1.807) is 12.4 Å². The summed E-state index contributed by atoms with van der Waals surface area (Å²) in [4.78, 5) is 3.99. The van der Waals surface area contributed by atoms with Crippen LogP contribution in [0.3, 0.4) is 0 Å². The minimum absolute atomic E-state index is 0.173. The first-order valence-corrected chi connectivity index (χ1v) is 7.84. The lowest BCUT2D eigenvalue weighted by Crippen LogP contribution is -2.17. The molecular formula is C14H18BrClN4. The zero-order valence-electron chi connectivity index (χ0n) is 11.6. The molecule has 0 aliphatic carbocycles. The van der Waals surface area contributed by atoms with Crippen LogP contribution in [0.15, 0.2) is 22.9 Å². The molecule has 6 heteroatoms. The van der Waals surface area contributed by atoms with E-state index in [2.05, 4.69) is 39.9 Å². The van der Waals surface area contributed by atoms with E-state index in [1.165, 1.54) is 0 Å². The third-order valence-corrected chi connectivity index (χ3v) is 4.54. The van der Waals surface area contributed by atoms with Gasteiger partial charge < -0.3 is 5.73 Å². The maximum atomic E-state index is 6.30. The molecule has 2 aromatic heterocycles. The molecule has 108 valence electrons. The molecule has 0 radical (unpaired) electrons. The minimum atomic E-state index is -0.173. The Kier molecular flexibility index (Phi) is 5.18. The molecule has 2 N–H and O–H groups in total. The molecule has 0 aliphatic rings. The summed E-state index contributed by atoms with van der Waals surface area (Å²) in [6, 6.07) is 1.70. The van der Waals surface area contributed by atoms with Gasteiger partial charge in [-0.15, -0.1) is 0 Å². The van der Waals surface area contributed by atoms with Crippen LogP contribution in [0.25, 0.3) is 0 Å². The predicted octanol–water partition coefficient (Wildman–Crippen LogP) is 3.52. The molecule has 20 heavy (non-hydrogen) atoms. The Bertz CT molecular complexity index is 597. The summed E-state index contributed by atoms with van der Waals surface area (Å²) >= 11 is 9.79. The van der Waals surface area contributed by atoms with Crippen molar-refractivity contribution in [2.75, 3.05) is 0 Å². The van der Waals surface area contributed by atoms with Crippen LogP contribution in [0.1, 0.15) is 36.8 Å². The summed E-state index contributed by atoms with van der Waals surface area (Å²) in [5.74, 6) is 0. The molecule has 0 saturated carbocycles. The molecule has 1 unspecified atom stereocenters. The summed E-state index contributed by atoms with van der Waals surface area (Å²) in [7, 11) is 0. The predicted molar refractivity (Wildman–Crippen MR) is 84.9 cm³/mol. The third-order valence-electron chi connectivity index (χ3n) is 3.31. The molecule has 2 aromatic rings. The van der Waals surface area contributed by atoms with Gasteiger partial charge in [0.2, 0.25) is 0 Å². The Morgan fingerprint density at radius 2 is 2.20 bits per heavy atom. The quantitative estimate of drug-likeness (QED) is 0.890. The van der Waals surface area contributed by atoms with E-state index >= 15 is 0 Å². The number of rotatable bonds is 5. The van der Waals surface area contributed by atoms with Crippen LogP contribution in [0.4, 0.5) is 0 Å². The van der Waals surface area contributed by atoms with Crippen molar-refractivity contribution in [2.45, 2.75) is 39.3 Å². The third kappa shape index (κ3) is 3.05. The molecule has 0 bridgehead atoms. The molecule has 4 nitrogen and oxygen atoms in total. The first kappa shape index (κ1) is 15.5. The molecule has 0 fully saturated rings. The number of nitrogens with zero attached hydrogens (tertiary/aromatic N) is 3. The lowest BCUT2D eigenvalue weighted by atomic mass is 10.0. The second-order valence-corrected chi connectivity index (χ2v) is 5.78. The molecule has 0 aliphatic heterocycles. The van der Waals surface area contributed by atoms with Crippen LogP contribution in [0.5, 0.6) is 0 Å². The smallest absolute Gasteiger partial charge is 0.0766 e. The number of hydrogen-bond acceptors (Lipinski definition) is 3. The number of aryl methyl sites for hydroxylation is 2. The van der Waals surface area contributed by atoms with Crippen molar-refractivity contribution in [2.24, 2.45) is 5.73 Å². The zero-order chi connectivity index (χ0) is 14.7. The highest BCUT2D eigenvalue weighted by atomic mass is 79.9. The van der Waals surface area contributed by atoms with Crippen molar-refractivity contribution in [1.29, 1.82) is 0 Å². The average Bonchev–Trinajstić information content (AvgIpc) is 2.75. The monoisotopic (exact) mass is 356 g/mol. The standard InChI is InChI=1S/C14H18BrClN4/c1-3-12-14(15)13(20(4-2)19-12)7-11(17)9-5-6-18-8-10(9)16/h5-6,8,11H,3-4,7,17H2,1-2H3. The molecule has 0 aromatic carbocycles. The number of aromatic nitrogens is 3. The number of pyridine rings is 1. The van der Waals surface area contributed by atoms with E-state index in [0.29, 0.717) is 11.4 Å². The molecule has 0 spiro atoms. The summed E-state index contributed by atoms with van der Waals surface area (Å²) in [6.45, 7) is 4.99. The van der Waals surface area contributed by atoms with Gasteiger partial charge in [-0.3, -0.25) is 9.67 Å².